The lowest BCUT2D eigenvalue weighted by Gasteiger charge is -2.26. The highest BCUT2D eigenvalue weighted by Crippen LogP contribution is 2.26. The van der Waals surface area contributed by atoms with Crippen LogP contribution in [0.4, 0.5) is 5.69 Å². The summed E-state index contributed by atoms with van der Waals surface area (Å²) in [4.78, 5) is 0. The SMILES string of the molecule is Cc1cccc(C#N)c1NCC1CCC(O)CC1. The second-order valence-corrected chi connectivity index (χ2v) is 5.16. The standard InChI is InChI=1S/C15H20N2O/c1-11-3-2-4-13(9-16)15(11)17-10-12-5-7-14(18)8-6-12/h2-4,12,14,17-18H,5-8,10H2,1H3. The molecule has 0 aliphatic heterocycles. The summed E-state index contributed by atoms with van der Waals surface area (Å²) in [7, 11) is 0. The fraction of sp³-hybridized carbons (Fsp3) is 0.533. The molecule has 1 aliphatic rings. The van der Waals surface area contributed by atoms with Crippen LogP contribution in [0.5, 0.6) is 0 Å². The molecule has 0 aromatic heterocycles. The molecule has 3 heteroatoms. The molecule has 18 heavy (non-hydrogen) atoms. The van der Waals surface area contributed by atoms with Gasteiger partial charge >= 0.3 is 0 Å². The Morgan fingerprint density at radius 1 is 1.33 bits per heavy atom. The van der Waals surface area contributed by atoms with Crippen LogP contribution in [0.3, 0.4) is 0 Å². The molecule has 0 amide bonds. The van der Waals surface area contributed by atoms with Gasteiger partial charge in [-0.25, -0.2) is 0 Å². The van der Waals surface area contributed by atoms with Crippen molar-refractivity contribution in [1.82, 2.24) is 0 Å². The van der Waals surface area contributed by atoms with Crippen LogP contribution >= 0.6 is 0 Å². The lowest BCUT2D eigenvalue weighted by Crippen LogP contribution is -2.24. The third-order valence-corrected chi connectivity index (χ3v) is 3.78. The largest absolute Gasteiger partial charge is 0.393 e. The Kier molecular flexibility index (Phi) is 4.22. The number of aliphatic hydroxyl groups is 1. The number of hydrogen-bond acceptors (Lipinski definition) is 3. The zero-order valence-corrected chi connectivity index (χ0v) is 10.8. The van der Waals surface area contributed by atoms with Gasteiger partial charge in [0.1, 0.15) is 6.07 Å². The van der Waals surface area contributed by atoms with Gasteiger partial charge in [0.15, 0.2) is 0 Å². The molecule has 1 fully saturated rings. The van der Waals surface area contributed by atoms with E-state index in [-0.39, 0.29) is 6.10 Å². The molecule has 0 saturated heterocycles. The van der Waals surface area contributed by atoms with E-state index in [0.717, 1.165) is 43.5 Å². The van der Waals surface area contributed by atoms with Crippen molar-refractivity contribution >= 4 is 5.69 Å². The zero-order chi connectivity index (χ0) is 13.0. The van der Waals surface area contributed by atoms with Crippen molar-refractivity contribution in [1.29, 1.82) is 5.26 Å². The number of nitriles is 1. The highest BCUT2D eigenvalue weighted by Gasteiger charge is 2.19. The van der Waals surface area contributed by atoms with E-state index in [1.807, 2.05) is 25.1 Å². The van der Waals surface area contributed by atoms with Gasteiger partial charge < -0.3 is 10.4 Å². The fourth-order valence-corrected chi connectivity index (χ4v) is 2.59. The molecule has 0 spiro atoms. The number of para-hydroxylation sites is 1. The van der Waals surface area contributed by atoms with Crippen LogP contribution < -0.4 is 5.32 Å². The van der Waals surface area contributed by atoms with E-state index in [1.54, 1.807) is 0 Å². The summed E-state index contributed by atoms with van der Waals surface area (Å²) < 4.78 is 0. The lowest BCUT2D eigenvalue weighted by atomic mass is 9.87. The van der Waals surface area contributed by atoms with Gasteiger partial charge in [-0.2, -0.15) is 5.26 Å². The van der Waals surface area contributed by atoms with Crippen molar-refractivity contribution in [3.8, 4) is 6.07 Å². The van der Waals surface area contributed by atoms with Crippen LogP contribution in [-0.2, 0) is 0 Å². The lowest BCUT2D eigenvalue weighted by molar-refractivity contribution is 0.111. The summed E-state index contributed by atoms with van der Waals surface area (Å²) in [5, 5.41) is 22.0. The minimum atomic E-state index is -0.102. The molecule has 1 aromatic rings. The number of aliphatic hydroxyl groups excluding tert-OH is 1. The molecule has 0 unspecified atom stereocenters. The molecular formula is C15H20N2O. The van der Waals surface area contributed by atoms with Crippen molar-refractivity contribution in [2.24, 2.45) is 5.92 Å². The van der Waals surface area contributed by atoms with Crippen molar-refractivity contribution in [2.75, 3.05) is 11.9 Å². The first-order valence-electron chi connectivity index (χ1n) is 6.62. The number of nitrogens with one attached hydrogen (secondary N) is 1. The van der Waals surface area contributed by atoms with Crippen molar-refractivity contribution < 1.29 is 5.11 Å². The van der Waals surface area contributed by atoms with Gasteiger partial charge in [-0.3, -0.25) is 0 Å². The van der Waals surface area contributed by atoms with Crippen LogP contribution in [0, 0.1) is 24.2 Å². The van der Waals surface area contributed by atoms with Crippen LogP contribution in [0.15, 0.2) is 18.2 Å². The summed E-state index contributed by atoms with van der Waals surface area (Å²) in [5.74, 6) is 0.611. The predicted octanol–water partition coefficient (Wildman–Crippen LogP) is 2.83. The average molecular weight is 244 g/mol. The van der Waals surface area contributed by atoms with Gasteiger partial charge in [0, 0.05) is 6.54 Å². The summed E-state index contributed by atoms with van der Waals surface area (Å²) >= 11 is 0. The van der Waals surface area contributed by atoms with E-state index in [1.165, 1.54) is 0 Å². The van der Waals surface area contributed by atoms with E-state index in [9.17, 15) is 5.11 Å². The van der Waals surface area contributed by atoms with Crippen LogP contribution in [0.25, 0.3) is 0 Å². The molecule has 0 heterocycles. The third kappa shape index (κ3) is 3.02. The predicted molar refractivity (Wildman–Crippen MR) is 72.3 cm³/mol. The second kappa shape index (κ2) is 5.88. The first kappa shape index (κ1) is 12.9. The first-order chi connectivity index (χ1) is 8.70. The summed E-state index contributed by atoms with van der Waals surface area (Å²) in [6.07, 6.45) is 3.86. The van der Waals surface area contributed by atoms with Gasteiger partial charge in [-0.1, -0.05) is 12.1 Å². The maximum atomic E-state index is 9.48. The molecule has 3 nitrogen and oxygen atoms in total. The summed E-state index contributed by atoms with van der Waals surface area (Å²) in [6.45, 7) is 2.92. The highest BCUT2D eigenvalue weighted by molar-refractivity contribution is 5.62. The third-order valence-electron chi connectivity index (χ3n) is 3.78. The van der Waals surface area contributed by atoms with Crippen LogP contribution in [0.1, 0.15) is 36.8 Å². The molecule has 1 aromatic carbocycles. The van der Waals surface area contributed by atoms with E-state index < -0.39 is 0 Å². The van der Waals surface area contributed by atoms with Gasteiger partial charge in [-0.15, -0.1) is 0 Å². The number of aryl methyl sites for hydroxylation is 1. The molecule has 1 saturated carbocycles. The van der Waals surface area contributed by atoms with Gasteiger partial charge in [0.05, 0.1) is 17.4 Å². The molecule has 1 aliphatic carbocycles. The molecule has 0 atom stereocenters. The Balaban J connectivity index is 1.96. The average Bonchev–Trinajstić information content (AvgIpc) is 2.39. The van der Waals surface area contributed by atoms with E-state index >= 15 is 0 Å². The van der Waals surface area contributed by atoms with E-state index in [2.05, 4.69) is 11.4 Å². The number of hydrogen-bond donors (Lipinski definition) is 2. The van der Waals surface area contributed by atoms with Crippen LogP contribution in [0.2, 0.25) is 0 Å². The van der Waals surface area contributed by atoms with E-state index in [4.69, 9.17) is 5.26 Å². The van der Waals surface area contributed by atoms with E-state index in [0.29, 0.717) is 11.5 Å². The van der Waals surface area contributed by atoms with Gasteiger partial charge in [0.2, 0.25) is 0 Å². The monoisotopic (exact) mass is 244 g/mol. The number of anilines is 1. The molecule has 2 rings (SSSR count). The Morgan fingerprint density at radius 3 is 2.72 bits per heavy atom. The number of rotatable bonds is 3. The number of nitrogens with zero attached hydrogens (tertiary/aromatic N) is 1. The van der Waals surface area contributed by atoms with Crippen molar-refractivity contribution in [2.45, 2.75) is 38.7 Å². The Hall–Kier alpha value is -1.53. The topological polar surface area (TPSA) is 56.0 Å². The first-order valence-corrected chi connectivity index (χ1v) is 6.62. The minimum Gasteiger partial charge on any atom is -0.393 e. The normalized spacial score (nSPS) is 23.4. The molecule has 0 radical (unpaired) electrons. The number of benzene rings is 1. The summed E-state index contributed by atoms with van der Waals surface area (Å²) in [6, 6.07) is 8.01. The fourth-order valence-electron chi connectivity index (χ4n) is 2.59. The molecule has 2 N–H and O–H groups in total. The molecular weight excluding hydrogens is 224 g/mol. The zero-order valence-electron chi connectivity index (χ0n) is 10.8. The van der Waals surface area contributed by atoms with Crippen molar-refractivity contribution in [3.63, 3.8) is 0 Å². The highest BCUT2D eigenvalue weighted by atomic mass is 16.3. The quantitative estimate of drug-likeness (QED) is 0.859. The molecule has 0 bridgehead atoms. The maximum absolute atomic E-state index is 9.48. The van der Waals surface area contributed by atoms with Gasteiger partial charge in [-0.05, 0) is 50.2 Å². The molecule has 96 valence electrons. The summed E-state index contributed by atoms with van der Waals surface area (Å²) in [5.41, 5.74) is 2.79. The maximum Gasteiger partial charge on any atom is 0.101 e. The van der Waals surface area contributed by atoms with Crippen molar-refractivity contribution in [3.05, 3.63) is 29.3 Å². The second-order valence-electron chi connectivity index (χ2n) is 5.16. The van der Waals surface area contributed by atoms with Crippen LogP contribution in [-0.4, -0.2) is 17.8 Å². The Labute approximate surface area is 108 Å². The smallest absolute Gasteiger partial charge is 0.101 e. The van der Waals surface area contributed by atoms with Gasteiger partial charge in [0.25, 0.3) is 0 Å². The minimum absolute atomic E-state index is 0.102. The Morgan fingerprint density at radius 2 is 2.06 bits per heavy atom. The Bertz CT molecular complexity index is 442.